The molecule has 0 N–H and O–H groups in total. The van der Waals surface area contributed by atoms with E-state index in [0.717, 1.165) is 57.6 Å². The Hall–Kier alpha value is -1.36. The topological polar surface area (TPSA) is 47.4 Å². The Balaban J connectivity index is 1.55. The van der Waals surface area contributed by atoms with Crippen molar-refractivity contribution in [3.8, 4) is 0 Å². The Morgan fingerprint density at radius 3 is 2.70 bits per heavy atom. The van der Waals surface area contributed by atoms with Gasteiger partial charge in [0.2, 0.25) is 0 Å². The molecule has 1 amide bonds. The van der Waals surface area contributed by atoms with Crippen LogP contribution in [0.4, 0.5) is 0 Å². The van der Waals surface area contributed by atoms with E-state index in [4.69, 9.17) is 4.74 Å². The number of hydrogen-bond donors (Lipinski definition) is 0. The van der Waals surface area contributed by atoms with E-state index >= 15 is 0 Å². The van der Waals surface area contributed by atoms with Crippen molar-refractivity contribution in [3.63, 3.8) is 0 Å². The Bertz CT molecular complexity index is 457. The summed E-state index contributed by atoms with van der Waals surface area (Å²) in [6.45, 7) is 2.40. The number of piperidine rings is 1. The quantitative estimate of drug-likeness (QED) is 0.826. The fourth-order valence-electron chi connectivity index (χ4n) is 3.27. The maximum absolute atomic E-state index is 12.4. The smallest absolute Gasteiger partial charge is 0.251 e. The molecule has 3 rings (SSSR count). The van der Waals surface area contributed by atoms with E-state index in [0.29, 0.717) is 5.92 Å². The molecular formula is C15H23N3O2. The second-order valence-corrected chi connectivity index (χ2v) is 5.85. The number of nitrogens with zero attached hydrogens (tertiary/aromatic N) is 3. The van der Waals surface area contributed by atoms with Crippen LogP contribution in [0.2, 0.25) is 0 Å². The van der Waals surface area contributed by atoms with E-state index in [1.54, 1.807) is 0 Å². The lowest BCUT2D eigenvalue weighted by molar-refractivity contribution is -0.147. The van der Waals surface area contributed by atoms with Gasteiger partial charge >= 0.3 is 0 Å². The number of hydrogen-bond acceptors (Lipinski definition) is 3. The maximum atomic E-state index is 12.4. The SMILES string of the molecule is Cn1ccnc1C1CCN(C(=O)[C@H]2CCCCO2)CC1. The summed E-state index contributed by atoms with van der Waals surface area (Å²) in [5.74, 6) is 1.82. The van der Waals surface area contributed by atoms with Crippen molar-refractivity contribution in [1.82, 2.24) is 14.5 Å². The average molecular weight is 277 g/mol. The zero-order chi connectivity index (χ0) is 13.9. The molecule has 0 aliphatic carbocycles. The minimum absolute atomic E-state index is 0.187. The van der Waals surface area contributed by atoms with Crippen LogP contribution in [0.3, 0.4) is 0 Å². The number of ether oxygens (including phenoxy) is 1. The third-order valence-electron chi connectivity index (χ3n) is 4.49. The van der Waals surface area contributed by atoms with Crippen molar-refractivity contribution >= 4 is 5.91 Å². The molecule has 1 atom stereocenters. The lowest BCUT2D eigenvalue weighted by Gasteiger charge is -2.34. The molecule has 0 unspecified atom stereocenters. The molecule has 2 fully saturated rings. The first-order chi connectivity index (χ1) is 9.75. The molecule has 2 aliphatic heterocycles. The number of carbonyl (C=O) groups is 1. The molecule has 0 radical (unpaired) electrons. The summed E-state index contributed by atoms with van der Waals surface area (Å²) < 4.78 is 7.69. The Labute approximate surface area is 119 Å². The molecule has 0 aromatic carbocycles. The number of likely N-dealkylation sites (tertiary alicyclic amines) is 1. The zero-order valence-electron chi connectivity index (χ0n) is 12.1. The van der Waals surface area contributed by atoms with E-state index in [2.05, 4.69) is 9.55 Å². The van der Waals surface area contributed by atoms with Crippen molar-refractivity contribution in [1.29, 1.82) is 0 Å². The van der Waals surface area contributed by atoms with E-state index in [1.807, 2.05) is 24.3 Å². The van der Waals surface area contributed by atoms with E-state index in [-0.39, 0.29) is 12.0 Å². The van der Waals surface area contributed by atoms with Crippen LogP contribution in [-0.4, -0.2) is 46.2 Å². The Morgan fingerprint density at radius 2 is 2.10 bits per heavy atom. The van der Waals surface area contributed by atoms with Crippen molar-refractivity contribution in [2.75, 3.05) is 19.7 Å². The molecule has 3 heterocycles. The second-order valence-electron chi connectivity index (χ2n) is 5.85. The Morgan fingerprint density at radius 1 is 1.30 bits per heavy atom. The summed E-state index contributed by atoms with van der Waals surface area (Å²) in [4.78, 5) is 18.8. The fourth-order valence-corrected chi connectivity index (χ4v) is 3.27. The minimum atomic E-state index is -0.187. The van der Waals surface area contributed by atoms with Crippen molar-refractivity contribution < 1.29 is 9.53 Å². The van der Waals surface area contributed by atoms with E-state index in [1.165, 1.54) is 0 Å². The lowest BCUT2D eigenvalue weighted by atomic mass is 9.95. The van der Waals surface area contributed by atoms with Gasteiger partial charge in [-0.05, 0) is 32.1 Å². The van der Waals surface area contributed by atoms with Gasteiger partial charge in [-0.15, -0.1) is 0 Å². The molecule has 2 saturated heterocycles. The molecule has 0 saturated carbocycles. The maximum Gasteiger partial charge on any atom is 0.251 e. The normalized spacial score (nSPS) is 24.9. The van der Waals surface area contributed by atoms with Crippen LogP contribution in [0.25, 0.3) is 0 Å². The van der Waals surface area contributed by atoms with Crippen LogP contribution in [0, 0.1) is 0 Å². The highest BCUT2D eigenvalue weighted by Gasteiger charge is 2.31. The minimum Gasteiger partial charge on any atom is -0.368 e. The zero-order valence-corrected chi connectivity index (χ0v) is 12.1. The molecule has 110 valence electrons. The number of aryl methyl sites for hydroxylation is 1. The molecule has 1 aromatic rings. The van der Waals surface area contributed by atoms with Crippen molar-refractivity contribution in [2.24, 2.45) is 7.05 Å². The molecule has 0 bridgehead atoms. The third kappa shape index (κ3) is 2.73. The standard InChI is InChI=1S/C15H23N3O2/c1-17-10-7-16-14(17)12-5-8-18(9-6-12)15(19)13-4-2-3-11-20-13/h7,10,12-13H,2-6,8-9,11H2,1H3/t13-/m1/s1. The van der Waals surface area contributed by atoms with Gasteiger partial charge < -0.3 is 14.2 Å². The summed E-state index contributed by atoms with van der Waals surface area (Å²) in [5, 5.41) is 0. The lowest BCUT2D eigenvalue weighted by Crippen LogP contribution is -2.45. The highest BCUT2D eigenvalue weighted by molar-refractivity contribution is 5.81. The van der Waals surface area contributed by atoms with E-state index < -0.39 is 0 Å². The predicted octanol–water partition coefficient (Wildman–Crippen LogP) is 1.70. The second kappa shape index (κ2) is 5.95. The first-order valence-corrected chi connectivity index (χ1v) is 7.63. The van der Waals surface area contributed by atoms with Crippen molar-refractivity contribution in [2.45, 2.75) is 44.1 Å². The fraction of sp³-hybridized carbons (Fsp3) is 0.733. The van der Waals surface area contributed by atoms with Crippen LogP contribution in [-0.2, 0) is 16.6 Å². The van der Waals surface area contributed by atoms with Gasteiger partial charge in [0.25, 0.3) is 5.91 Å². The Kier molecular flexibility index (Phi) is 4.05. The van der Waals surface area contributed by atoms with Gasteiger partial charge in [0.15, 0.2) is 0 Å². The molecule has 20 heavy (non-hydrogen) atoms. The summed E-state index contributed by atoms with van der Waals surface area (Å²) in [7, 11) is 2.04. The van der Waals surface area contributed by atoms with Crippen LogP contribution in [0.5, 0.6) is 0 Å². The van der Waals surface area contributed by atoms with Gasteiger partial charge in [-0.25, -0.2) is 4.98 Å². The molecule has 0 spiro atoms. The van der Waals surface area contributed by atoms with Crippen molar-refractivity contribution in [3.05, 3.63) is 18.2 Å². The third-order valence-corrected chi connectivity index (χ3v) is 4.49. The van der Waals surface area contributed by atoms with Crippen LogP contribution in [0.15, 0.2) is 12.4 Å². The van der Waals surface area contributed by atoms with Gasteiger partial charge in [0, 0.05) is 45.1 Å². The van der Waals surface area contributed by atoms with Crippen LogP contribution >= 0.6 is 0 Å². The number of carbonyl (C=O) groups excluding carboxylic acids is 1. The number of rotatable bonds is 2. The van der Waals surface area contributed by atoms with Gasteiger partial charge in [0.1, 0.15) is 11.9 Å². The van der Waals surface area contributed by atoms with Crippen LogP contribution in [0.1, 0.15) is 43.8 Å². The number of amides is 1. The molecular weight excluding hydrogens is 254 g/mol. The number of aromatic nitrogens is 2. The first-order valence-electron chi connectivity index (χ1n) is 7.63. The largest absolute Gasteiger partial charge is 0.368 e. The van der Waals surface area contributed by atoms with Gasteiger partial charge in [-0.2, -0.15) is 0 Å². The highest BCUT2D eigenvalue weighted by Crippen LogP contribution is 2.27. The van der Waals surface area contributed by atoms with Crippen LogP contribution < -0.4 is 0 Å². The summed E-state index contributed by atoms with van der Waals surface area (Å²) in [6, 6.07) is 0. The first kappa shape index (κ1) is 13.6. The predicted molar refractivity (Wildman–Crippen MR) is 75.4 cm³/mol. The van der Waals surface area contributed by atoms with Gasteiger partial charge in [-0.3, -0.25) is 4.79 Å². The van der Waals surface area contributed by atoms with E-state index in [9.17, 15) is 4.79 Å². The van der Waals surface area contributed by atoms with Gasteiger partial charge in [-0.1, -0.05) is 0 Å². The molecule has 1 aromatic heterocycles. The summed E-state index contributed by atoms with van der Waals surface area (Å²) in [6.07, 6.45) is 8.75. The molecule has 5 heteroatoms. The average Bonchev–Trinajstić information content (AvgIpc) is 2.94. The summed E-state index contributed by atoms with van der Waals surface area (Å²) in [5.41, 5.74) is 0. The van der Waals surface area contributed by atoms with Gasteiger partial charge in [0.05, 0.1) is 0 Å². The summed E-state index contributed by atoms with van der Waals surface area (Å²) >= 11 is 0. The number of imidazole rings is 1. The molecule has 5 nitrogen and oxygen atoms in total. The highest BCUT2D eigenvalue weighted by atomic mass is 16.5. The molecule has 2 aliphatic rings. The monoisotopic (exact) mass is 277 g/mol.